The Labute approximate surface area is 96.1 Å². The molecule has 2 N–H and O–H groups in total. The van der Waals surface area contributed by atoms with E-state index < -0.39 is 0 Å². The zero-order valence-electron chi connectivity index (χ0n) is 9.48. The molecule has 0 aliphatic carbocycles. The molecule has 82 valence electrons. The second-order valence-corrected chi connectivity index (χ2v) is 4.08. The van der Waals surface area contributed by atoms with E-state index in [-0.39, 0.29) is 0 Å². The Hall–Kier alpha value is -1.83. The maximum atomic E-state index is 5.64. The molecule has 0 aliphatic rings. The Kier molecular flexibility index (Phi) is 3.20. The van der Waals surface area contributed by atoms with Crippen LogP contribution < -0.4 is 5.73 Å². The molecule has 2 heteroatoms. The average molecular weight is 212 g/mol. The molecular formula is C14H16N2. The predicted molar refractivity (Wildman–Crippen MR) is 67.2 cm³/mol. The zero-order valence-corrected chi connectivity index (χ0v) is 9.48. The first-order chi connectivity index (χ1) is 7.74. The quantitative estimate of drug-likeness (QED) is 0.849. The first kappa shape index (κ1) is 10.7. The van der Waals surface area contributed by atoms with Crippen molar-refractivity contribution in [1.29, 1.82) is 0 Å². The number of pyridine rings is 1. The highest BCUT2D eigenvalue weighted by Crippen LogP contribution is 2.10. The largest absolute Gasteiger partial charge is 0.384 e. The molecule has 1 aromatic carbocycles. The van der Waals surface area contributed by atoms with E-state index in [4.69, 9.17) is 5.73 Å². The molecule has 0 fully saturated rings. The molecule has 0 atom stereocenters. The summed E-state index contributed by atoms with van der Waals surface area (Å²) in [7, 11) is 0. The van der Waals surface area contributed by atoms with Crippen LogP contribution in [-0.2, 0) is 12.8 Å². The van der Waals surface area contributed by atoms with Crippen LogP contribution in [0.1, 0.15) is 16.7 Å². The number of aromatic nitrogens is 1. The number of benzene rings is 1. The lowest BCUT2D eigenvalue weighted by Gasteiger charge is -2.03. The summed E-state index contributed by atoms with van der Waals surface area (Å²) in [5, 5.41) is 0. The topological polar surface area (TPSA) is 38.9 Å². The highest BCUT2D eigenvalue weighted by Gasteiger charge is 1.97. The van der Waals surface area contributed by atoms with Crippen LogP contribution in [0.4, 0.5) is 5.82 Å². The lowest BCUT2D eigenvalue weighted by Crippen LogP contribution is -1.95. The molecule has 0 unspecified atom stereocenters. The molecule has 0 radical (unpaired) electrons. The Morgan fingerprint density at radius 1 is 1.06 bits per heavy atom. The normalized spacial score (nSPS) is 10.3. The number of rotatable bonds is 3. The lowest BCUT2D eigenvalue weighted by atomic mass is 10.0. The minimum absolute atomic E-state index is 0.599. The van der Waals surface area contributed by atoms with Crippen LogP contribution >= 0.6 is 0 Å². The van der Waals surface area contributed by atoms with Gasteiger partial charge >= 0.3 is 0 Å². The fourth-order valence-electron chi connectivity index (χ4n) is 1.81. The number of nitrogens with zero attached hydrogens (tertiary/aromatic N) is 1. The van der Waals surface area contributed by atoms with Crippen molar-refractivity contribution in [2.24, 2.45) is 0 Å². The van der Waals surface area contributed by atoms with E-state index in [2.05, 4.69) is 36.2 Å². The van der Waals surface area contributed by atoms with Crippen LogP contribution in [0.5, 0.6) is 0 Å². The smallest absolute Gasteiger partial charge is 0.123 e. The van der Waals surface area contributed by atoms with Gasteiger partial charge in [-0.1, -0.05) is 29.8 Å². The van der Waals surface area contributed by atoms with Crippen LogP contribution in [-0.4, -0.2) is 4.98 Å². The van der Waals surface area contributed by atoms with Gasteiger partial charge in [0, 0.05) is 6.20 Å². The SMILES string of the molecule is Cc1cccc(CCc2ccnc(N)c2)c1. The second kappa shape index (κ2) is 4.79. The second-order valence-electron chi connectivity index (χ2n) is 4.08. The average Bonchev–Trinajstić information content (AvgIpc) is 2.27. The molecule has 0 bridgehead atoms. The van der Waals surface area contributed by atoms with Crippen molar-refractivity contribution in [3.63, 3.8) is 0 Å². The molecule has 2 rings (SSSR count). The summed E-state index contributed by atoms with van der Waals surface area (Å²) in [5.74, 6) is 0.599. The van der Waals surface area contributed by atoms with Crippen molar-refractivity contribution in [2.75, 3.05) is 5.73 Å². The van der Waals surface area contributed by atoms with E-state index in [1.165, 1.54) is 16.7 Å². The molecule has 0 amide bonds. The van der Waals surface area contributed by atoms with Crippen LogP contribution in [0.15, 0.2) is 42.6 Å². The summed E-state index contributed by atoms with van der Waals surface area (Å²) in [6.45, 7) is 2.12. The first-order valence-electron chi connectivity index (χ1n) is 5.50. The van der Waals surface area contributed by atoms with Crippen LogP contribution in [0.25, 0.3) is 0 Å². The number of hydrogen-bond acceptors (Lipinski definition) is 2. The molecule has 2 aromatic rings. The van der Waals surface area contributed by atoms with Crippen molar-refractivity contribution in [3.05, 3.63) is 59.3 Å². The minimum atomic E-state index is 0.599. The van der Waals surface area contributed by atoms with Crippen LogP contribution in [0, 0.1) is 6.92 Å². The number of nitrogens with two attached hydrogens (primary N) is 1. The molecule has 1 heterocycles. The molecule has 0 aliphatic heterocycles. The number of aryl methyl sites for hydroxylation is 3. The zero-order chi connectivity index (χ0) is 11.4. The number of anilines is 1. The van der Waals surface area contributed by atoms with E-state index in [1.54, 1.807) is 6.20 Å². The maximum Gasteiger partial charge on any atom is 0.123 e. The van der Waals surface area contributed by atoms with Gasteiger partial charge in [-0.25, -0.2) is 4.98 Å². The van der Waals surface area contributed by atoms with Gasteiger partial charge in [0.2, 0.25) is 0 Å². The van der Waals surface area contributed by atoms with Gasteiger partial charge in [0.25, 0.3) is 0 Å². The van der Waals surface area contributed by atoms with Crippen molar-refractivity contribution in [1.82, 2.24) is 4.98 Å². The molecule has 0 spiro atoms. The highest BCUT2D eigenvalue weighted by atomic mass is 14.8. The standard InChI is InChI=1S/C14H16N2/c1-11-3-2-4-12(9-11)5-6-13-7-8-16-14(15)10-13/h2-4,7-10H,5-6H2,1H3,(H2,15,16). The fraction of sp³-hybridized carbons (Fsp3) is 0.214. The Bertz CT molecular complexity index is 432. The summed E-state index contributed by atoms with van der Waals surface area (Å²) in [6.07, 6.45) is 3.82. The maximum absolute atomic E-state index is 5.64. The Morgan fingerprint density at radius 2 is 1.81 bits per heavy atom. The fourth-order valence-corrected chi connectivity index (χ4v) is 1.81. The summed E-state index contributed by atoms with van der Waals surface area (Å²) < 4.78 is 0. The number of hydrogen-bond donors (Lipinski definition) is 1. The van der Waals surface area contributed by atoms with Gasteiger partial charge in [-0.3, -0.25) is 0 Å². The van der Waals surface area contributed by atoms with Gasteiger partial charge in [0.1, 0.15) is 5.82 Å². The van der Waals surface area contributed by atoms with E-state index in [0.29, 0.717) is 5.82 Å². The van der Waals surface area contributed by atoms with Gasteiger partial charge < -0.3 is 5.73 Å². The minimum Gasteiger partial charge on any atom is -0.384 e. The van der Waals surface area contributed by atoms with Gasteiger partial charge in [0.15, 0.2) is 0 Å². The number of nitrogen functional groups attached to an aromatic ring is 1. The van der Waals surface area contributed by atoms with Crippen molar-refractivity contribution >= 4 is 5.82 Å². The molecule has 1 aromatic heterocycles. The predicted octanol–water partition coefficient (Wildman–Crippen LogP) is 2.76. The van der Waals surface area contributed by atoms with E-state index in [9.17, 15) is 0 Å². The third-order valence-electron chi connectivity index (χ3n) is 2.63. The van der Waals surface area contributed by atoms with Crippen molar-refractivity contribution < 1.29 is 0 Å². The van der Waals surface area contributed by atoms with Crippen molar-refractivity contribution in [2.45, 2.75) is 19.8 Å². The van der Waals surface area contributed by atoms with E-state index in [0.717, 1.165) is 12.8 Å². The monoisotopic (exact) mass is 212 g/mol. The first-order valence-corrected chi connectivity index (χ1v) is 5.50. The Morgan fingerprint density at radius 3 is 2.50 bits per heavy atom. The third kappa shape index (κ3) is 2.83. The van der Waals surface area contributed by atoms with Gasteiger partial charge in [-0.05, 0) is 43.0 Å². The highest BCUT2D eigenvalue weighted by molar-refractivity contribution is 5.32. The third-order valence-corrected chi connectivity index (χ3v) is 2.63. The van der Waals surface area contributed by atoms with E-state index >= 15 is 0 Å². The molecule has 0 saturated carbocycles. The van der Waals surface area contributed by atoms with Gasteiger partial charge in [0.05, 0.1) is 0 Å². The van der Waals surface area contributed by atoms with E-state index in [1.807, 2.05) is 12.1 Å². The van der Waals surface area contributed by atoms with Gasteiger partial charge in [-0.2, -0.15) is 0 Å². The summed E-state index contributed by atoms with van der Waals surface area (Å²) >= 11 is 0. The summed E-state index contributed by atoms with van der Waals surface area (Å²) in [6, 6.07) is 12.6. The molecular weight excluding hydrogens is 196 g/mol. The lowest BCUT2D eigenvalue weighted by molar-refractivity contribution is 0.954. The van der Waals surface area contributed by atoms with Gasteiger partial charge in [-0.15, -0.1) is 0 Å². The van der Waals surface area contributed by atoms with Crippen LogP contribution in [0.3, 0.4) is 0 Å². The van der Waals surface area contributed by atoms with Crippen LogP contribution in [0.2, 0.25) is 0 Å². The molecule has 0 saturated heterocycles. The molecule has 16 heavy (non-hydrogen) atoms. The summed E-state index contributed by atoms with van der Waals surface area (Å²) in [5.41, 5.74) is 9.57. The molecule has 2 nitrogen and oxygen atoms in total. The Balaban J connectivity index is 2.02. The van der Waals surface area contributed by atoms with Crippen molar-refractivity contribution in [3.8, 4) is 0 Å². The summed E-state index contributed by atoms with van der Waals surface area (Å²) in [4.78, 5) is 3.99.